The van der Waals surface area contributed by atoms with Crippen molar-refractivity contribution in [3.05, 3.63) is 35.4 Å². The van der Waals surface area contributed by atoms with Crippen molar-refractivity contribution in [1.29, 1.82) is 0 Å². The van der Waals surface area contributed by atoms with Crippen molar-refractivity contribution in [2.45, 2.75) is 38.7 Å². The summed E-state index contributed by atoms with van der Waals surface area (Å²) in [4.78, 5) is 2.46. The second kappa shape index (κ2) is 7.21. The minimum Gasteiger partial charge on any atom is -0.369 e. The summed E-state index contributed by atoms with van der Waals surface area (Å²) in [6.45, 7) is 9.15. The van der Waals surface area contributed by atoms with Gasteiger partial charge in [0.25, 0.3) is 0 Å². The molecule has 0 fully saturated rings. The Morgan fingerprint density at radius 2 is 2.00 bits per heavy atom. The Kier molecular flexibility index (Phi) is 5.58. The van der Waals surface area contributed by atoms with Gasteiger partial charge < -0.3 is 15.4 Å². The van der Waals surface area contributed by atoms with E-state index in [0.29, 0.717) is 6.54 Å². The molecule has 2 N–H and O–H groups in total. The number of nitrogens with two attached hydrogens (primary N) is 1. The summed E-state index contributed by atoms with van der Waals surface area (Å²) in [6, 6.07) is 8.62. The quantitative estimate of drug-likeness (QED) is 0.832. The molecular weight excluding hydrogens is 248 g/mol. The predicted molar refractivity (Wildman–Crippen MR) is 83.9 cm³/mol. The number of fused-ring (bicyclic) bond motifs is 1. The van der Waals surface area contributed by atoms with Crippen molar-refractivity contribution >= 4 is 0 Å². The second-order valence-electron chi connectivity index (χ2n) is 5.58. The third-order valence-corrected chi connectivity index (χ3v) is 4.54. The van der Waals surface area contributed by atoms with Gasteiger partial charge in [-0.15, -0.1) is 0 Å². The van der Waals surface area contributed by atoms with Crippen LogP contribution in [-0.2, 0) is 16.8 Å². The SMILES string of the molecule is CCN(CC)CCC[C@]1(CN)OCCc2ccccc21. The number of hydrogen-bond acceptors (Lipinski definition) is 3. The molecule has 0 saturated carbocycles. The predicted octanol–water partition coefficient (Wildman–Crippen LogP) is 2.54. The molecule has 3 heteroatoms. The van der Waals surface area contributed by atoms with Gasteiger partial charge in [-0.05, 0) is 50.0 Å². The van der Waals surface area contributed by atoms with E-state index >= 15 is 0 Å². The molecule has 0 radical (unpaired) electrons. The molecule has 1 aromatic rings. The topological polar surface area (TPSA) is 38.5 Å². The van der Waals surface area contributed by atoms with E-state index in [2.05, 4.69) is 43.0 Å². The highest BCUT2D eigenvalue weighted by Crippen LogP contribution is 2.36. The average Bonchev–Trinajstić information content (AvgIpc) is 2.51. The van der Waals surface area contributed by atoms with Gasteiger partial charge in [0.2, 0.25) is 0 Å². The lowest BCUT2D eigenvalue weighted by Gasteiger charge is -2.39. The molecule has 0 aromatic heterocycles. The third-order valence-electron chi connectivity index (χ3n) is 4.54. The maximum atomic E-state index is 6.15. The normalized spacial score (nSPS) is 22.0. The summed E-state index contributed by atoms with van der Waals surface area (Å²) in [6.07, 6.45) is 3.15. The average molecular weight is 276 g/mol. The van der Waals surface area contributed by atoms with Crippen molar-refractivity contribution in [2.24, 2.45) is 5.73 Å². The van der Waals surface area contributed by atoms with Gasteiger partial charge in [0.05, 0.1) is 6.61 Å². The van der Waals surface area contributed by atoms with E-state index < -0.39 is 0 Å². The molecule has 1 heterocycles. The van der Waals surface area contributed by atoms with Gasteiger partial charge in [0.1, 0.15) is 5.60 Å². The van der Waals surface area contributed by atoms with Gasteiger partial charge in [-0.2, -0.15) is 0 Å². The molecule has 0 amide bonds. The first-order chi connectivity index (χ1) is 9.75. The zero-order chi connectivity index (χ0) is 14.4. The smallest absolute Gasteiger partial charge is 0.106 e. The Balaban J connectivity index is 2.07. The van der Waals surface area contributed by atoms with Crippen LogP contribution in [0.5, 0.6) is 0 Å². The molecule has 0 spiro atoms. The molecule has 1 atom stereocenters. The van der Waals surface area contributed by atoms with E-state index in [0.717, 1.165) is 45.5 Å². The fourth-order valence-electron chi connectivity index (χ4n) is 3.22. The molecule has 3 nitrogen and oxygen atoms in total. The van der Waals surface area contributed by atoms with Crippen molar-refractivity contribution in [3.63, 3.8) is 0 Å². The van der Waals surface area contributed by atoms with Crippen LogP contribution in [-0.4, -0.2) is 37.7 Å². The van der Waals surface area contributed by atoms with Gasteiger partial charge in [-0.1, -0.05) is 38.1 Å². The van der Waals surface area contributed by atoms with Crippen LogP contribution in [0.1, 0.15) is 37.8 Å². The summed E-state index contributed by atoms with van der Waals surface area (Å²) in [5.41, 5.74) is 8.56. The Bertz CT molecular complexity index is 417. The molecule has 20 heavy (non-hydrogen) atoms. The molecule has 1 aromatic carbocycles. The van der Waals surface area contributed by atoms with Gasteiger partial charge in [0, 0.05) is 6.54 Å². The first kappa shape index (κ1) is 15.5. The molecule has 112 valence electrons. The Hall–Kier alpha value is -0.900. The number of benzene rings is 1. The molecule has 1 aliphatic rings. The van der Waals surface area contributed by atoms with Gasteiger partial charge >= 0.3 is 0 Å². The minimum atomic E-state index is -0.262. The van der Waals surface area contributed by atoms with Crippen molar-refractivity contribution in [1.82, 2.24) is 4.90 Å². The largest absolute Gasteiger partial charge is 0.369 e. The van der Waals surface area contributed by atoms with Crippen LogP contribution >= 0.6 is 0 Å². The van der Waals surface area contributed by atoms with E-state index in [-0.39, 0.29) is 5.60 Å². The third kappa shape index (κ3) is 3.22. The van der Waals surface area contributed by atoms with Gasteiger partial charge in [0.15, 0.2) is 0 Å². The number of rotatable bonds is 7. The van der Waals surface area contributed by atoms with E-state index in [4.69, 9.17) is 10.5 Å². The molecule has 2 rings (SSSR count). The Morgan fingerprint density at radius 1 is 1.25 bits per heavy atom. The molecule has 0 unspecified atom stereocenters. The van der Waals surface area contributed by atoms with Crippen molar-refractivity contribution in [3.8, 4) is 0 Å². The lowest BCUT2D eigenvalue weighted by atomic mass is 9.83. The van der Waals surface area contributed by atoms with E-state index in [9.17, 15) is 0 Å². The summed E-state index contributed by atoms with van der Waals surface area (Å²) in [7, 11) is 0. The first-order valence-electron chi connectivity index (χ1n) is 7.90. The highest BCUT2D eigenvalue weighted by molar-refractivity contribution is 5.34. The second-order valence-corrected chi connectivity index (χ2v) is 5.58. The fourth-order valence-corrected chi connectivity index (χ4v) is 3.22. The van der Waals surface area contributed by atoms with E-state index in [1.165, 1.54) is 11.1 Å². The van der Waals surface area contributed by atoms with Crippen LogP contribution < -0.4 is 5.73 Å². The maximum Gasteiger partial charge on any atom is 0.106 e. The van der Waals surface area contributed by atoms with Crippen molar-refractivity contribution < 1.29 is 4.74 Å². The van der Waals surface area contributed by atoms with Crippen LogP contribution in [0, 0.1) is 0 Å². The molecule has 0 bridgehead atoms. The maximum absolute atomic E-state index is 6.15. The van der Waals surface area contributed by atoms with Gasteiger partial charge in [-0.25, -0.2) is 0 Å². The monoisotopic (exact) mass is 276 g/mol. The van der Waals surface area contributed by atoms with Crippen LogP contribution in [0.15, 0.2) is 24.3 Å². The van der Waals surface area contributed by atoms with Crippen LogP contribution in [0.25, 0.3) is 0 Å². The highest BCUT2D eigenvalue weighted by atomic mass is 16.5. The van der Waals surface area contributed by atoms with Crippen LogP contribution in [0.2, 0.25) is 0 Å². The zero-order valence-electron chi connectivity index (χ0n) is 12.9. The molecule has 0 aliphatic carbocycles. The molecule has 1 aliphatic heterocycles. The van der Waals surface area contributed by atoms with Crippen LogP contribution in [0.4, 0.5) is 0 Å². The summed E-state index contributed by atoms with van der Waals surface area (Å²) in [5, 5.41) is 0. The molecular formula is C17H28N2O. The van der Waals surface area contributed by atoms with Crippen LogP contribution in [0.3, 0.4) is 0 Å². The van der Waals surface area contributed by atoms with Gasteiger partial charge in [-0.3, -0.25) is 0 Å². The molecule has 0 saturated heterocycles. The zero-order valence-corrected chi connectivity index (χ0v) is 12.9. The highest BCUT2D eigenvalue weighted by Gasteiger charge is 2.35. The van der Waals surface area contributed by atoms with E-state index in [1.54, 1.807) is 0 Å². The Morgan fingerprint density at radius 3 is 2.70 bits per heavy atom. The fraction of sp³-hybridized carbons (Fsp3) is 0.647. The number of hydrogen-bond donors (Lipinski definition) is 1. The minimum absolute atomic E-state index is 0.262. The lowest BCUT2D eigenvalue weighted by Crippen LogP contribution is -2.42. The number of nitrogens with zero attached hydrogens (tertiary/aromatic N) is 1. The van der Waals surface area contributed by atoms with E-state index in [1.807, 2.05) is 0 Å². The number of ether oxygens (including phenoxy) is 1. The standard InChI is InChI=1S/C17H28N2O/c1-3-19(4-2)12-7-11-17(14-18)16-9-6-5-8-15(16)10-13-20-17/h5-6,8-9H,3-4,7,10-14,18H2,1-2H3/t17-/m1/s1. The van der Waals surface area contributed by atoms with Crippen molar-refractivity contribution in [2.75, 3.05) is 32.8 Å². The lowest BCUT2D eigenvalue weighted by molar-refractivity contribution is -0.0617. The summed E-state index contributed by atoms with van der Waals surface area (Å²) in [5.74, 6) is 0. The first-order valence-corrected chi connectivity index (χ1v) is 7.90. The summed E-state index contributed by atoms with van der Waals surface area (Å²) < 4.78 is 6.15. The Labute approximate surface area is 123 Å². The summed E-state index contributed by atoms with van der Waals surface area (Å²) >= 11 is 0.